The van der Waals surface area contributed by atoms with Crippen LogP contribution >= 0.6 is 0 Å². The van der Waals surface area contributed by atoms with Gasteiger partial charge in [0.15, 0.2) is 0 Å². The number of phenols is 1. The maximum atomic E-state index is 13.1. The number of pyridine rings is 1. The van der Waals surface area contributed by atoms with E-state index in [9.17, 15) is 9.90 Å². The minimum atomic E-state index is -0.521. The van der Waals surface area contributed by atoms with Gasteiger partial charge in [-0.2, -0.15) is 0 Å². The second-order valence-corrected chi connectivity index (χ2v) is 7.60. The zero-order valence-corrected chi connectivity index (χ0v) is 16.6. The lowest BCUT2D eigenvalue weighted by atomic mass is 9.87. The molecule has 1 aromatic heterocycles. The van der Waals surface area contributed by atoms with E-state index in [1.54, 1.807) is 13.3 Å². The maximum absolute atomic E-state index is 13.1. The summed E-state index contributed by atoms with van der Waals surface area (Å²) in [7, 11) is 1.61. The second kappa shape index (κ2) is 8.52. The molecule has 0 bridgehead atoms. The lowest BCUT2D eigenvalue weighted by Gasteiger charge is -2.27. The van der Waals surface area contributed by atoms with Gasteiger partial charge < -0.3 is 15.2 Å². The Labute approximate surface area is 170 Å². The van der Waals surface area contributed by atoms with Gasteiger partial charge in [0.25, 0.3) is 0 Å². The van der Waals surface area contributed by atoms with Gasteiger partial charge >= 0.3 is 0 Å². The van der Waals surface area contributed by atoms with Crippen molar-refractivity contribution in [2.75, 3.05) is 7.11 Å². The monoisotopic (exact) mass is 390 g/mol. The van der Waals surface area contributed by atoms with Crippen LogP contribution in [0.2, 0.25) is 0 Å². The number of hydrogen-bond donors (Lipinski definition) is 2. The average Bonchev–Trinajstić information content (AvgIpc) is 2.79. The van der Waals surface area contributed by atoms with Crippen LogP contribution in [0.1, 0.15) is 49.3 Å². The van der Waals surface area contributed by atoms with Crippen molar-refractivity contribution in [3.63, 3.8) is 0 Å². The first-order valence-electron chi connectivity index (χ1n) is 10.2. The summed E-state index contributed by atoms with van der Waals surface area (Å²) in [6.45, 7) is 0. The van der Waals surface area contributed by atoms with Gasteiger partial charge in [0.1, 0.15) is 17.0 Å². The van der Waals surface area contributed by atoms with Crippen LogP contribution in [0.25, 0.3) is 10.9 Å². The minimum Gasteiger partial charge on any atom is -0.505 e. The lowest BCUT2D eigenvalue weighted by molar-refractivity contribution is -0.126. The fourth-order valence-corrected chi connectivity index (χ4v) is 4.23. The van der Waals surface area contributed by atoms with Gasteiger partial charge in [0.2, 0.25) is 5.91 Å². The normalized spacial score (nSPS) is 15.8. The fraction of sp³-hybridized carbons (Fsp3) is 0.333. The molecule has 0 radical (unpaired) electrons. The topological polar surface area (TPSA) is 71.5 Å². The molecule has 1 aliphatic carbocycles. The van der Waals surface area contributed by atoms with E-state index in [0.717, 1.165) is 36.6 Å². The van der Waals surface area contributed by atoms with Gasteiger partial charge in [0, 0.05) is 28.6 Å². The number of aromatic hydroxyl groups is 1. The Hall–Kier alpha value is -3.08. The highest BCUT2D eigenvalue weighted by Crippen LogP contribution is 2.38. The summed E-state index contributed by atoms with van der Waals surface area (Å²) in [5, 5.41) is 15.1. The zero-order chi connectivity index (χ0) is 20.2. The van der Waals surface area contributed by atoms with Crippen LogP contribution in [-0.4, -0.2) is 23.1 Å². The van der Waals surface area contributed by atoms with Crippen LogP contribution in [0.15, 0.2) is 54.7 Å². The first kappa shape index (κ1) is 19.2. The number of hydrogen-bond acceptors (Lipinski definition) is 4. The number of amides is 1. The Morgan fingerprint density at radius 1 is 1.07 bits per heavy atom. The molecule has 1 heterocycles. The van der Waals surface area contributed by atoms with Crippen molar-refractivity contribution in [1.82, 2.24) is 10.3 Å². The lowest BCUT2D eigenvalue weighted by Crippen LogP contribution is -2.35. The number of phenolic OH excluding ortho intramolecular Hbond substituents is 1. The number of nitrogens with one attached hydrogen (secondary N) is 1. The molecule has 1 fully saturated rings. The average molecular weight is 390 g/mol. The molecule has 1 aliphatic rings. The summed E-state index contributed by atoms with van der Waals surface area (Å²) in [5.74, 6) is 0.799. The maximum Gasteiger partial charge on any atom is 0.223 e. The largest absolute Gasteiger partial charge is 0.505 e. The Morgan fingerprint density at radius 3 is 2.66 bits per heavy atom. The highest BCUT2D eigenvalue weighted by molar-refractivity contribution is 5.86. The summed E-state index contributed by atoms with van der Waals surface area (Å²) in [5.41, 5.74) is 1.95. The van der Waals surface area contributed by atoms with E-state index in [1.807, 2.05) is 48.5 Å². The van der Waals surface area contributed by atoms with E-state index in [1.165, 1.54) is 6.42 Å². The van der Waals surface area contributed by atoms with Crippen LogP contribution in [0.4, 0.5) is 0 Å². The van der Waals surface area contributed by atoms with Gasteiger partial charge in [-0.25, -0.2) is 0 Å². The molecule has 29 heavy (non-hydrogen) atoms. The Morgan fingerprint density at radius 2 is 1.86 bits per heavy atom. The van der Waals surface area contributed by atoms with Crippen molar-refractivity contribution in [2.24, 2.45) is 5.92 Å². The molecule has 1 amide bonds. The number of aromatic nitrogens is 1. The van der Waals surface area contributed by atoms with Crippen molar-refractivity contribution < 1.29 is 14.6 Å². The standard InChI is InChI=1S/C24H26N2O3/c1-29-20-12-6-5-11-18(20)22(26-24(28)17-8-3-2-4-9-17)19-14-13-16-10-7-15-25-21(16)23(19)27/h5-7,10-15,17,22,27H,2-4,8-9H2,1H3,(H,26,28). The number of fused-ring (bicyclic) bond motifs is 1. The molecule has 0 saturated heterocycles. The van der Waals surface area contributed by atoms with Crippen molar-refractivity contribution in [2.45, 2.75) is 38.1 Å². The van der Waals surface area contributed by atoms with Gasteiger partial charge in [-0.05, 0) is 25.0 Å². The summed E-state index contributed by atoms with van der Waals surface area (Å²) in [6.07, 6.45) is 6.85. The highest BCUT2D eigenvalue weighted by atomic mass is 16.5. The van der Waals surface area contributed by atoms with Crippen LogP contribution in [0.5, 0.6) is 11.5 Å². The summed E-state index contributed by atoms with van der Waals surface area (Å²) in [4.78, 5) is 17.4. The minimum absolute atomic E-state index is 0.0154. The number of methoxy groups -OCH3 is 1. The molecule has 5 heteroatoms. The smallest absolute Gasteiger partial charge is 0.223 e. The second-order valence-electron chi connectivity index (χ2n) is 7.60. The molecule has 3 aromatic rings. The summed E-state index contributed by atoms with van der Waals surface area (Å²) in [6, 6.07) is 14.6. The van der Waals surface area contributed by atoms with Crippen LogP contribution in [0.3, 0.4) is 0 Å². The number of nitrogens with zero attached hydrogens (tertiary/aromatic N) is 1. The summed E-state index contributed by atoms with van der Waals surface area (Å²) < 4.78 is 5.55. The van der Waals surface area contributed by atoms with E-state index < -0.39 is 6.04 Å². The number of benzene rings is 2. The predicted molar refractivity (Wildman–Crippen MR) is 113 cm³/mol. The molecule has 1 saturated carbocycles. The van der Waals surface area contributed by atoms with Gasteiger partial charge in [-0.3, -0.25) is 9.78 Å². The van der Waals surface area contributed by atoms with E-state index >= 15 is 0 Å². The SMILES string of the molecule is COc1ccccc1C(NC(=O)C1CCCCC1)c1ccc2cccnc2c1O. The quantitative estimate of drug-likeness (QED) is 0.660. The van der Waals surface area contributed by atoms with Crippen LogP contribution < -0.4 is 10.1 Å². The molecule has 4 rings (SSSR count). The van der Waals surface area contributed by atoms with Crippen LogP contribution in [-0.2, 0) is 4.79 Å². The molecule has 0 aliphatic heterocycles. The summed E-state index contributed by atoms with van der Waals surface area (Å²) >= 11 is 0. The Balaban J connectivity index is 1.78. The number of para-hydroxylation sites is 1. The first-order chi connectivity index (χ1) is 14.2. The van der Waals surface area contributed by atoms with Gasteiger partial charge in [-0.1, -0.05) is 55.7 Å². The third kappa shape index (κ3) is 3.90. The predicted octanol–water partition coefficient (Wildman–Crippen LogP) is 4.73. The van der Waals surface area contributed by atoms with Crippen molar-refractivity contribution in [1.29, 1.82) is 0 Å². The molecule has 0 spiro atoms. The molecule has 1 atom stereocenters. The molecular formula is C24H26N2O3. The molecule has 1 unspecified atom stereocenters. The zero-order valence-electron chi connectivity index (χ0n) is 16.6. The van der Waals surface area contributed by atoms with E-state index in [4.69, 9.17) is 4.74 Å². The molecule has 5 nitrogen and oxygen atoms in total. The van der Waals surface area contributed by atoms with E-state index in [-0.39, 0.29) is 17.6 Å². The molecule has 150 valence electrons. The van der Waals surface area contributed by atoms with Crippen molar-refractivity contribution in [3.05, 3.63) is 65.9 Å². The first-order valence-corrected chi connectivity index (χ1v) is 10.2. The van der Waals surface area contributed by atoms with Gasteiger partial charge in [-0.15, -0.1) is 0 Å². The Bertz CT molecular complexity index is 1010. The van der Waals surface area contributed by atoms with Gasteiger partial charge in [0.05, 0.1) is 13.2 Å². The fourth-order valence-electron chi connectivity index (χ4n) is 4.23. The molecule has 2 N–H and O–H groups in total. The number of carbonyl (C=O) groups is 1. The van der Waals surface area contributed by atoms with Crippen molar-refractivity contribution in [3.8, 4) is 11.5 Å². The highest BCUT2D eigenvalue weighted by Gasteiger charge is 2.28. The molecule has 2 aromatic carbocycles. The van der Waals surface area contributed by atoms with Crippen LogP contribution in [0, 0.1) is 5.92 Å². The molecular weight excluding hydrogens is 364 g/mol. The Kier molecular flexibility index (Phi) is 5.65. The number of carbonyl (C=O) groups excluding carboxylic acids is 1. The van der Waals surface area contributed by atoms with E-state index in [0.29, 0.717) is 16.8 Å². The van der Waals surface area contributed by atoms with Crippen molar-refractivity contribution >= 4 is 16.8 Å². The third-order valence-electron chi connectivity index (χ3n) is 5.80. The number of rotatable bonds is 5. The third-order valence-corrected chi connectivity index (χ3v) is 5.80. The van der Waals surface area contributed by atoms with E-state index in [2.05, 4.69) is 10.3 Å². The number of ether oxygens (including phenoxy) is 1.